The van der Waals surface area contributed by atoms with Gasteiger partial charge in [-0.1, -0.05) is 63.3 Å². The van der Waals surface area contributed by atoms with E-state index in [0.717, 1.165) is 56.2 Å². The third kappa shape index (κ3) is 7.78. The minimum Gasteiger partial charge on any atom is -0.478 e. The van der Waals surface area contributed by atoms with E-state index in [9.17, 15) is 24.3 Å². The van der Waals surface area contributed by atoms with E-state index >= 15 is 0 Å². The monoisotopic (exact) mass is 632 g/mol. The number of piperidine rings is 1. The van der Waals surface area contributed by atoms with Gasteiger partial charge in [-0.2, -0.15) is 0 Å². The Balaban J connectivity index is 1.15. The molecule has 1 aliphatic carbocycles. The number of hydrogen-bond donors (Lipinski definition) is 4. The first-order valence-electron chi connectivity index (χ1n) is 16.9. The third-order valence-electron chi connectivity index (χ3n) is 10.1. The van der Waals surface area contributed by atoms with Gasteiger partial charge in [-0.25, -0.2) is 4.79 Å². The standard InChI is InChI=1S/C36H48N4O6/c1-2-3-20-40-32(42)30(23-35(46)16-6-4-5-7-17-35)38-34(45)36(40)18-21-39(22-19-36)25-27-10-8-26(9-11-27)24-37-31(41)28-12-14-29(15-13-28)33(43)44/h8-15,30,46H,2-7,16-25H2,1H3,(H,37,41)(H,38,45)(H,43,44)/t30-/m1/s1. The number of nitrogens with zero attached hydrogens (tertiary/aromatic N) is 2. The van der Waals surface area contributed by atoms with Gasteiger partial charge in [-0.3, -0.25) is 19.3 Å². The highest BCUT2D eigenvalue weighted by Crippen LogP contribution is 2.37. The molecule has 10 nitrogen and oxygen atoms in total. The van der Waals surface area contributed by atoms with Crippen LogP contribution in [0.3, 0.4) is 0 Å². The molecule has 3 aliphatic rings. The maximum atomic E-state index is 13.9. The lowest BCUT2D eigenvalue weighted by Gasteiger charge is -2.52. The number of piperazine rings is 1. The van der Waals surface area contributed by atoms with E-state index in [1.54, 1.807) is 0 Å². The molecule has 2 aromatic carbocycles. The van der Waals surface area contributed by atoms with Crippen molar-refractivity contribution in [3.63, 3.8) is 0 Å². The first-order chi connectivity index (χ1) is 22.1. The second-order valence-corrected chi connectivity index (χ2v) is 13.4. The Bertz CT molecular complexity index is 1380. The molecule has 2 saturated heterocycles. The lowest BCUT2D eigenvalue weighted by molar-refractivity contribution is -0.163. The Morgan fingerprint density at radius 3 is 2.11 bits per heavy atom. The molecular formula is C36H48N4O6. The Morgan fingerprint density at radius 1 is 0.891 bits per heavy atom. The zero-order valence-corrected chi connectivity index (χ0v) is 26.9. The van der Waals surface area contributed by atoms with Crippen molar-refractivity contribution < 1.29 is 29.4 Å². The van der Waals surface area contributed by atoms with Crippen LogP contribution in [0.4, 0.5) is 0 Å². The number of nitrogens with one attached hydrogen (secondary N) is 2. The number of carbonyl (C=O) groups excluding carboxylic acids is 3. The number of aliphatic hydroxyl groups is 1. The van der Waals surface area contributed by atoms with Gasteiger partial charge in [0.05, 0.1) is 11.2 Å². The average molecular weight is 633 g/mol. The number of aromatic carboxylic acids is 1. The lowest BCUT2D eigenvalue weighted by Crippen LogP contribution is -2.73. The van der Waals surface area contributed by atoms with Gasteiger partial charge in [0.2, 0.25) is 11.8 Å². The number of rotatable bonds is 11. The molecule has 2 aliphatic heterocycles. The molecule has 10 heteroatoms. The van der Waals surface area contributed by atoms with E-state index in [-0.39, 0.29) is 23.3 Å². The molecule has 46 heavy (non-hydrogen) atoms. The normalized spacial score (nSPS) is 21.4. The van der Waals surface area contributed by atoms with Gasteiger partial charge in [0, 0.05) is 44.7 Å². The summed E-state index contributed by atoms with van der Waals surface area (Å²) in [5.74, 6) is -1.42. The SMILES string of the molecule is CCCCN1C(=O)[C@@H](CC2(O)CCCCCC2)NC(=O)C12CCN(Cc1ccc(CNC(=O)c3ccc(C(=O)O)cc3)cc1)CC2. The fraction of sp³-hybridized carbons (Fsp3) is 0.556. The van der Waals surface area contributed by atoms with E-state index in [4.69, 9.17) is 5.11 Å². The number of unbranched alkanes of at least 4 members (excludes halogenated alkanes) is 1. The van der Waals surface area contributed by atoms with Gasteiger partial charge in [-0.05, 0) is 67.5 Å². The smallest absolute Gasteiger partial charge is 0.335 e. The molecule has 4 N–H and O–H groups in total. The molecule has 1 atom stereocenters. The second kappa shape index (κ2) is 14.8. The van der Waals surface area contributed by atoms with Gasteiger partial charge < -0.3 is 25.7 Å². The van der Waals surface area contributed by atoms with E-state index in [0.29, 0.717) is 63.8 Å². The predicted molar refractivity (Wildman–Crippen MR) is 174 cm³/mol. The molecule has 2 aromatic rings. The van der Waals surface area contributed by atoms with Crippen LogP contribution in [0.5, 0.6) is 0 Å². The van der Waals surface area contributed by atoms with E-state index in [2.05, 4.69) is 22.5 Å². The third-order valence-corrected chi connectivity index (χ3v) is 10.1. The maximum absolute atomic E-state index is 13.9. The van der Waals surface area contributed by atoms with Crippen molar-refractivity contribution in [2.24, 2.45) is 0 Å². The van der Waals surface area contributed by atoms with Crippen molar-refractivity contribution in [1.29, 1.82) is 0 Å². The van der Waals surface area contributed by atoms with Crippen molar-refractivity contribution >= 4 is 23.7 Å². The molecule has 1 saturated carbocycles. The van der Waals surface area contributed by atoms with E-state index < -0.39 is 23.2 Å². The van der Waals surface area contributed by atoms with Crippen LogP contribution in [0.1, 0.15) is 109 Å². The summed E-state index contributed by atoms with van der Waals surface area (Å²) in [6.45, 7) is 5.10. The molecule has 3 fully saturated rings. The van der Waals surface area contributed by atoms with Crippen molar-refractivity contribution in [3.05, 3.63) is 70.8 Å². The summed E-state index contributed by atoms with van der Waals surface area (Å²) in [5.41, 5.74) is 0.864. The number of benzene rings is 2. The van der Waals surface area contributed by atoms with Crippen molar-refractivity contribution in [3.8, 4) is 0 Å². The number of carboxylic acid groups (broad SMARTS) is 1. The fourth-order valence-corrected chi connectivity index (χ4v) is 7.27. The van der Waals surface area contributed by atoms with Gasteiger partial charge in [0.1, 0.15) is 11.6 Å². The molecule has 248 valence electrons. The number of hydrogen-bond acceptors (Lipinski definition) is 6. The average Bonchev–Trinajstić information content (AvgIpc) is 3.28. The van der Waals surface area contributed by atoms with Crippen molar-refractivity contribution in [2.75, 3.05) is 19.6 Å². The lowest BCUT2D eigenvalue weighted by atomic mass is 9.79. The minimum atomic E-state index is -1.03. The zero-order chi connectivity index (χ0) is 32.7. The van der Waals surface area contributed by atoms with Gasteiger partial charge in [0.25, 0.3) is 5.91 Å². The van der Waals surface area contributed by atoms with Crippen molar-refractivity contribution in [1.82, 2.24) is 20.4 Å². The summed E-state index contributed by atoms with van der Waals surface area (Å²) in [7, 11) is 0. The molecule has 3 amide bonds. The molecule has 0 aromatic heterocycles. The molecule has 0 radical (unpaired) electrons. The van der Waals surface area contributed by atoms with Gasteiger partial charge >= 0.3 is 5.97 Å². The highest BCUT2D eigenvalue weighted by atomic mass is 16.4. The Hall–Kier alpha value is -3.76. The number of carboxylic acids is 1. The number of likely N-dealkylation sites (tertiary alicyclic amines) is 1. The summed E-state index contributed by atoms with van der Waals surface area (Å²) < 4.78 is 0. The first-order valence-corrected chi connectivity index (χ1v) is 16.9. The maximum Gasteiger partial charge on any atom is 0.335 e. The van der Waals surface area contributed by atoms with Crippen LogP contribution in [-0.4, -0.2) is 80.5 Å². The summed E-state index contributed by atoms with van der Waals surface area (Å²) in [4.78, 5) is 55.4. The second-order valence-electron chi connectivity index (χ2n) is 13.4. The van der Waals surface area contributed by atoms with Crippen LogP contribution < -0.4 is 10.6 Å². The topological polar surface area (TPSA) is 139 Å². The summed E-state index contributed by atoms with van der Waals surface area (Å²) in [5, 5.41) is 26.3. The zero-order valence-electron chi connectivity index (χ0n) is 26.9. The van der Waals surface area contributed by atoms with Crippen LogP contribution in [0.15, 0.2) is 48.5 Å². The summed E-state index contributed by atoms with van der Waals surface area (Å²) in [6, 6.07) is 13.2. The molecule has 5 rings (SSSR count). The van der Waals surface area contributed by atoms with Crippen LogP contribution in [0.2, 0.25) is 0 Å². The Labute approximate surface area is 271 Å². The molecule has 0 unspecified atom stereocenters. The van der Waals surface area contributed by atoms with Crippen LogP contribution >= 0.6 is 0 Å². The summed E-state index contributed by atoms with van der Waals surface area (Å²) in [6.07, 6.45) is 8.69. The van der Waals surface area contributed by atoms with Gasteiger partial charge in [0.15, 0.2) is 0 Å². The number of amides is 3. The molecule has 2 heterocycles. The van der Waals surface area contributed by atoms with E-state index in [1.165, 1.54) is 24.3 Å². The Kier molecular flexibility index (Phi) is 10.8. The predicted octanol–water partition coefficient (Wildman–Crippen LogP) is 4.25. The van der Waals surface area contributed by atoms with E-state index in [1.807, 2.05) is 29.2 Å². The highest BCUT2D eigenvalue weighted by molar-refractivity contribution is 6.00. The molecule has 1 spiro atoms. The molecule has 0 bridgehead atoms. The van der Waals surface area contributed by atoms with Crippen LogP contribution in [0, 0.1) is 0 Å². The highest BCUT2D eigenvalue weighted by Gasteiger charge is 2.54. The van der Waals surface area contributed by atoms with Gasteiger partial charge in [-0.15, -0.1) is 0 Å². The minimum absolute atomic E-state index is 0.0425. The van der Waals surface area contributed by atoms with Crippen molar-refractivity contribution in [2.45, 2.75) is 108 Å². The molecular weight excluding hydrogens is 584 g/mol. The largest absolute Gasteiger partial charge is 0.478 e. The quantitative estimate of drug-likeness (QED) is 0.272. The first kappa shape index (κ1) is 33.6. The summed E-state index contributed by atoms with van der Waals surface area (Å²) >= 11 is 0. The Morgan fingerprint density at radius 2 is 1.50 bits per heavy atom. The van der Waals surface area contributed by atoms with Crippen LogP contribution in [0.25, 0.3) is 0 Å². The van der Waals surface area contributed by atoms with Crippen LogP contribution in [-0.2, 0) is 22.7 Å². The fourth-order valence-electron chi connectivity index (χ4n) is 7.27. The number of carbonyl (C=O) groups is 4.